The summed E-state index contributed by atoms with van der Waals surface area (Å²) < 4.78 is 0. The van der Waals surface area contributed by atoms with Crippen molar-refractivity contribution in [1.29, 1.82) is 0 Å². The van der Waals surface area contributed by atoms with Crippen molar-refractivity contribution in [2.24, 2.45) is 5.92 Å². The average Bonchev–Trinajstić information content (AvgIpc) is 3.47. The zero-order valence-corrected chi connectivity index (χ0v) is 19.1. The molecule has 9 heteroatoms. The number of hydrogen-bond donors (Lipinski definition) is 4. The molecule has 176 valence electrons. The summed E-state index contributed by atoms with van der Waals surface area (Å²) in [5.74, 6) is 1.28. The van der Waals surface area contributed by atoms with Crippen molar-refractivity contribution in [2.45, 2.75) is 64.0 Å². The van der Waals surface area contributed by atoms with Crippen LogP contribution in [0.4, 0.5) is 10.6 Å². The summed E-state index contributed by atoms with van der Waals surface area (Å²) in [5.41, 5.74) is 3.49. The molecule has 2 aliphatic rings. The first kappa shape index (κ1) is 22.8. The van der Waals surface area contributed by atoms with Crippen molar-refractivity contribution in [2.75, 3.05) is 12.4 Å². The molecule has 3 atom stereocenters. The minimum atomic E-state index is -0.976. The molecule has 0 spiro atoms. The monoisotopic (exact) mass is 453 g/mol. The third-order valence-corrected chi connectivity index (χ3v) is 6.82. The van der Waals surface area contributed by atoms with Crippen molar-refractivity contribution >= 4 is 23.7 Å². The van der Waals surface area contributed by atoms with Crippen LogP contribution in [0.3, 0.4) is 0 Å². The smallest absolute Gasteiger partial charge is 0.404 e. The fourth-order valence-electron chi connectivity index (χ4n) is 5.06. The number of hydrogen-bond acceptors (Lipinski definition) is 4. The van der Waals surface area contributed by atoms with Crippen molar-refractivity contribution in [1.82, 2.24) is 20.4 Å². The van der Waals surface area contributed by atoms with Gasteiger partial charge in [-0.25, -0.2) is 4.79 Å². The minimum Gasteiger partial charge on any atom is -0.465 e. The maximum Gasteiger partial charge on any atom is 0.404 e. The fraction of sp³-hybridized carbons (Fsp3) is 0.500. The van der Waals surface area contributed by atoms with E-state index in [1.165, 1.54) is 0 Å². The minimum absolute atomic E-state index is 0.00771. The van der Waals surface area contributed by atoms with Crippen LogP contribution in [0.5, 0.6) is 0 Å². The number of nitrogens with zero attached hydrogens (tertiary/aromatic N) is 2. The zero-order chi connectivity index (χ0) is 23.5. The Hall–Kier alpha value is -3.36. The summed E-state index contributed by atoms with van der Waals surface area (Å²) in [4.78, 5) is 37.2. The van der Waals surface area contributed by atoms with E-state index in [0.29, 0.717) is 29.8 Å². The average molecular weight is 454 g/mol. The highest BCUT2D eigenvalue weighted by molar-refractivity contribution is 5.99. The van der Waals surface area contributed by atoms with Crippen LogP contribution in [0.25, 0.3) is 0 Å². The molecule has 1 aromatic heterocycles. The van der Waals surface area contributed by atoms with Crippen molar-refractivity contribution in [3.05, 3.63) is 46.6 Å². The third-order valence-electron chi connectivity index (χ3n) is 6.82. The van der Waals surface area contributed by atoms with E-state index < -0.39 is 6.09 Å². The summed E-state index contributed by atoms with van der Waals surface area (Å²) in [7, 11) is 1.76. The highest BCUT2D eigenvalue weighted by Gasteiger charge is 2.29. The Balaban J connectivity index is 1.29. The van der Waals surface area contributed by atoms with E-state index >= 15 is 0 Å². The number of aromatic amines is 1. The lowest BCUT2D eigenvalue weighted by atomic mass is 9.96. The Bertz CT molecular complexity index is 1050. The van der Waals surface area contributed by atoms with Gasteiger partial charge in [-0.05, 0) is 62.1 Å². The van der Waals surface area contributed by atoms with Gasteiger partial charge in [0.15, 0.2) is 5.82 Å². The molecule has 2 unspecified atom stereocenters. The number of H-pyrrole nitrogens is 1. The number of carbonyl (C=O) groups is 3. The summed E-state index contributed by atoms with van der Waals surface area (Å²) in [6.45, 7) is 2.42. The molecule has 0 bridgehead atoms. The molecule has 0 saturated heterocycles. The molecule has 1 saturated carbocycles. The molecule has 1 fully saturated rings. The fourth-order valence-corrected chi connectivity index (χ4v) is 5.06. The SMILES string of the molecule is C[C@@H](CCC1CCC(c2cc(NC(=O)Cc3cccc4c3CN(C)C4=O)n[nH]2)C1)NC(=O)O. The molecule has 1 aliphatic heterocycles. The first-order valence-electron chi connectivity index (χ1n) is 11.5. The van der Waals surface area contributed by atoms with Gasteiger partial charge in [-0.2, -0.15) is 5.10 Å². The summed E-state index contributed by atoms with van der Waals surface area (Å²) in [6.07, 6.45) is 4.24. The van der Waals surface area contributed by atoms with Gasteiger partial charge in [0.05, 0.1) is 6.42 Å². The molecule has 4 rings (SSSR count). The van der Waals surface area contributed by atoms with Gasteiger partial charge in [0.1, 0.15) is 0 Å². The van der Waals surface area contributed by atoms with E-state index in [0.717, 1.165) is 48.9 Å². The predicted octanol–water partition coefficient (Wildman–Crippen LogP) is 3.50. The van der Waals surface area contributed by atoms with Crippen LogP contribution in [0.15, 0.2) is 24.3 Å². The Morgan fingerprint density at radius 2 is 2.15 bits per heavy atom. The number of amides is 3. The maximum absolute atomic E-state index is 12.6. The number of carboxylic acid groups (broad SMARTS) is 1. The Morgan fingerprint density at radius 3 is 2.94 bits per heavy atom. The standard InChI is InChI=1S/C24H31N5O4/c1-14(25-24(32)33)6-7-15-8-9-17(10-15)20-12-21(28-27-20)26-22(30)11-16-4-3-5-18-19(16)13-29(2)23(18)31/h3-5,12,14-15,17,25H,6-11,13H2,1-2H3,(H,32,33)(H2,26,27,28,30)/t14-,15?,17?/m0/s1. The first-order chi connectivity index (χ1) is 15.8. The number of aromatic nitrogens is 2. The Labute approximate surface area is 192 Å². The lowest BCUT2D eigenvalue weighted by molar-refractivity contribution is -0.115. The molecule has 33 heavy (non-hydrogen) atoms. The Kier molecular flexibility index (Phi) is 6.67. The second-order valence-corrected chi connectivity index (χ2v) is 9.34. The molecule has 2 aromatic rings. The quantitative estimate of drug-likeness (QED) is 0.486. The second kappa shape index (κ2) is 9.64. The summed E-state index contributed by atoms with van der Waals surface area (Å²) >= 11 is 0. The van der Waals surface area contributed by atoms with Crippen LogP contribution in [-0.2, 0) is 17.8 Å². The van der Waals surface area contributed by atoms with Gasteiger partial charge < -0.3 is 20.6 Å². The zero-order valence-electron chi connectivity index (χ0n) is 19.1. The molecule has 1 aromatic carbocycles. The molecule has 0 radical (unpaired) electrons. The molecule has 9 nitrogen and oxygen atoms in total. The van der Waals surface area contributed by atoms with Crippen molar-refractivity contribution in [3.8, 4) is 0 Å². The van der Waals surface area contributed by atoms with Gasteiger partial charge in [-0.3, -0.25) is 14.7 Å². The summed E-state index contributed by atoms with van der Waals surface area (Å²) in [5, 5.41) is 21.5. The highest BCUT2D eigenvalue weighted by Crippen LogP contribution is 2.40. The number of rotatable bonds is 8. The number of benzene rings is 1. The molecule has 2 heterocycles. The third kappa shape index (κ3) is 5.35. The van der Waals surface area contributed by atoms with E-state index in [1.807, 2.05) is 25.1 Å². The molecule has 3 amide bonds. The van der Waals surface area contributed by atoms with E-state index in [9.17, 15) is 14.4 Å². The van der Waals surface area contributed by atoms with Crippen LogP contribution in [0, 0.1) is 5.92 Å². The molecule has 4 N–H and O–H groups in total. The normalized spacial score (nSPS) is 20.5. The number of fused-ring (bicyclic) bond motifs is 1. The van der Waals surface area contributed by atoms with Crippen LogP contribution >= 0.6 is 0 Å². The van der Waals surface area contributed by atoms with Gasteiger partial charge in [0.25, 0.3) is 5.91 Å². The molecular formula is C24H31N5O4. The van der Waals surface area contributed by atoms with E-state index in [1.54, 1.807) is 18.0 Å². The number of nitrogens with one attached hydrogen (secondary N) is 3. The van der Waals surface area contributed by atoms with Crippen LogP contribution in [0.2, 0.25) is 0 Å². The van der Waals surface area contributed by atoms with Crippen LogP contribution < -0.4 is 10.6 Å². The largest absolute Gasteiger partial charge is 0.465 e. The lowest BCUT2D eigenvalue weighted by Gasteiger charge is -2.14. The second-order valence-electron chi connectivity index (χ2n) is 9.34. The first-order valence-corrected chi connectivity index (χ1v) is 11.5. The molecule has 1 aliphatic carbocycles. The van der Waals surface area contributed by atoms with Gasteiger partial charge in [-0.15, -0.1) is 0 Å². The Morgan fingerprint density at radius 1 is 1.33 bits per heavy atom. The van der Waals surface area contributed by atoms with E-state index in [2.05, 4.69) is 20.8 Å². The van der Waals surface area contributed by atoms with Gasteiger partial charge >= 0.3 is 6.09 Å². The highest BCUT2D eigenvalue weighted by atomic mass is 16.4. The van der Waals surface area contributed by atoms with Crippen LogP contribution in [-0.4, -0.2) is 51.2 Å². The predicted molar refractivity (Wildman–Crippen MR) is 123 cm³/mol. The lowest BCUT2D eigenvalue weighted by Crippen LogP contribution is -2.31. The van der Waals surface area contributed by atoms with Crippen LogP contribution in [0.1, 0.15) is 72.1 Å². The number of anilines is 1. The van der Waals surface area contributed by atoms with E-state index in [4.69, 9.17) is 5.11 Å². The van der Waals surface area contributed by atoms with Gasteiger partial charge in [0, 0.05) is 42.9 Å². The van der Waals surface area contributed by atoms with Gasteiger partial charge in [0.2, 0.25) is 5.91 Å². The van der Waals surface area contributed by atoms with E-state index in [-0.39, 0.29) is 24.3 Å². The number of carbonyl (C=O) groups excluding carboxylic acids is 2. The molecular weight excluding hydrogens is 422 g/mol. The summed E-state index contributed by atoms with van der Waals surface area (Å²) in [6, 6.07) is 7.39. The van der Waals surface area contributed by atoms with Crippen molar-refractivity contribution < 1.29 is 19.5 Å². The topological polar surface area (TPSA) is 127 Å². The van der Waals surface area contributed by atoms with Crippen molar-refractivity contribution in [3.63, 3.8) is 0 Å². The maximum atomic E-state index is 12.6. The van der Waals surface area contributed by atoms with Gasteiger partial charge in [-0.1, -0.05) is 12.1 Å².